The Bertz CT molecular complexity index is 723. The summed E-state index contributed by atoms with van der Waals surface area (Å²) in [5, 5.41) is 6.41. The maximum Gasteiger partial charge on any atom is 0.225 e. The van der Waals surface area contributed by atoms with Crippen molar-refractivity contribution in [2.24, 2.45) is 0 Å². The van der Waals surface area contributed by atoms with Gasteiger partial charge in [0.1, 0.15) is 0 Å². The molecule has 4 rings (SSSR count). The van der Waals surface area contributed by atoms with Gasteiger partial charge in [-0.25, -0.2) is 0 Å². The molecule has 1 saturated heterocycles. The third kappa shape index (κ3) is 3.26. The number of hydrogen-bond donors (Lipinski definition) is 2. The van der Waals surface area contributed by atoms with Gasteiger partial charge >= 0.3 is 0 Å². The summed E-state index contributed by atoms with van der Waals surface area (Å²) in [4.78, 5) is 12.1. The van der Waals surface area contributed by atoms with Crippen molar-refractivity contribution < 1.29 is 4.79 Å². The van der Waals surface area contributed by atoms with Gasteiger partial charge in [-0.3, -0.25) is 4.79 Å². The Balaban J connectivity index is 0.00000156. The lowest BCUT2D eigenvalue weighted by Gasteiger charge is -2.11. The Hall–Kier alpha value is -1.84. The number of fused-ring (bicyclic) bond motifs is 3. The van der Waals surface area contributed by atoms with E-state index in [4.69, 9.17) is 0 Å². The van der Waals surface area contributed by atoms with E-state index in [0.717, 1.165) is 25.1 Å². The fraction of sp³-hybridized carbons (Fsp3) is 0.316. The second kappa shape index (κ2) is 6.73. The Morgan fingerprint density at radius 3 is 2.78 bits per heavy atom. The minimum Gasteiger partial charge on any atom is -0.326 e. The smallest absolute Gasteiger partial charge is 0.225 e. The average Bonchev–Trinajstić information content (AvgIpc) is 3.13. The van der Waals surface area contributed by atoms with Gasteiger partial charge in [-0.15, -0.1) is 12.4 Å². The van der Waals surface area contributed by atoms with Crippen molar-refractivity contribution in [2.75, 3.05) is 11.9 Å². The van der Waals surface area contributed by atoms with E-state index >= 15 is 0 Å². The molecule has 1 unspecified atom stereocenters. The molecule has 1 amide bonds. The van der Waals surface area contributed by atoms with Crippen LogP contribution in [0.2, 0.25) is 0 Å². The van der Waals surface area contributed by atoms with Gasteiger partial charge in [-0.05, 0) is 60.2 Å². The summed E-state index contributed by atoms with van der Waals surface area (Å²) in [5.41, 5.74) is 6.21. The lowest BCUT2D eigenvalue weighted by molar-refractivity contribution is -0.116. The molecule has 3 nitrogen and oxygen atoms in total. The van der Waals surface area contributed by atoms with Crippen LogP contribution in [0.1, 0.15) is 30.4 Å². The van der Waals surface area contributed by atoms with Crippen LogP contribution in [0.3, 0.4) is 0 Å². The SMILES string of the molecule is Cl.O=C(CC1CCCN1)Nc1ccc2c(c1)Cc1ccccc1-2. The number of amides is 1. The summed E-state index contributed by atoms with van der Waals surface area (Å²) in [6, 6.07) is 15.1. The van der Waals surface area contributed by atoms with Crippen LogP contribution in [0, 0.1) is 0 Å². The van der Waals surface area contributed by atoms with Crippen molar-refractivity contribution in [3.8, 4) is 11.1 Å². The van der Waals surface area contributed by atoms with Crippen LogP contribution in [0.5, 0.6) is 0 Å². The van der Waals surface area contributed by atoms with Gasteiger partial charge in [0.2, 0.25) is 5.91 Å². The number of nitrogens with one attached hydrogen (secondary N) is 2. The summed E-state index contributed by atoms with van der Waals surface area (Å²) in [6.45, 7) is 1.04. The van der Waals surface area contributed by atoms with E-state index in [9.17, 15) is 4.79 Å². The minimum atomic E-state index is 0. The largest absolute Gasteiger partial charge is 0.326 e. The number of benzene rings is 2. The molecule has 0 saturated carbocycles. The maximum absolute atomic E-state index is 12.1. The molecule has 2 aromatic carbocycles. The van der Waals surface area contributed by atoms with Crippen LogP contribution >= 0.6 is 12.4 Å². The van der Waals surface area contributed by atoms with Crippen molar-refractivity contribution in [1.82, 2.24) is 5.32 Å². The molecular formula is C19H21ClN2O. The van der Waals surface area contributed by atoms with Crippen molar-refractivity contribution in [2.45, 2.75) is 31.7 Å². The molecule has 4 heteroatoms. The summed E-state index contributed by atoms with van der Waals surface area (Å²) in [6.07, 6.45) is 3.80. The van der Waals surface area contributed by atoms with E-state index in [2.05, 4.69) is 47.0 Å². The highest BCUT2D eigenvalue weighted by atomic mass is 35.5. The van der Waals surface area contributed by atoms with Crippen LogP contribution in [0.15, 0.2) is 42.5 Å². The zero-order chi connectivity index (χ0) is 14.9. The molecule has 1 heterocycles. The number of anilines is 1. The van der Waals surface area contributed by atoms with Crippen LogP contribution in [-0.2, 0) is 11.2 Å². The van der Waals surface area contributed by atoms with Crippen LogP contribution in [0.4, 0.5) is 5.69 Å². The van der Waals surface area contributed by atoms with Crippen molar-refractivity contribution in [3.63, 3.8) is 0 Å². The normalized spacial score (nSPS) is 18.0. The lowest BCUT2D eigenvalue weighted by atomic mass is 10.1. The second-order valence-electron chi connectivity index (χ2n) is 6.25. The Kier molecular flexibility index (Phi) is 4.69. The molecule has 2 aliphatic rings. The third-order valence-electron chi connectivity index (χ3n) is 4.67. The van der Waals surface area contributed by atoms with Gasteiger partial charge in [-0.2, -0.15) is 0 Å². The molecule has 120 valence electrons. The zero-order valence-corrected chi connectivity index (χ0v) is 13.8. The molecular weight excluding hydrogens is 308 g/mol. The number of hydrogen-bond acceptors (Lipinski definition) is 2. The molecule has 1 aliphatic carbocycles. The molecule has 0 spiro atoms. The molecule has 1 aliphatic heterocycles. The van der Waals surface area contributed by atoms with Crippen LogP contribution < -0.4 is 10.6 Å². The molecule has 23 heavy (non-hydrogen) atoms. The fourth-order valence-corrected chi connectivity index (χ4v) is 3.59. The van der Waals surface area contributed by atoms with Crippen molar-refractivity contribution in [1.29, 1.82) is 0 Å². The summed E-state index contributed by atoms with van der Waals surface area (Å²) in [7, 11) is 0. The highest BCUT2D eigenvalue weighted by molar-refractivity contribution is 5.92. The molecule has 2 N–H and O–H groups in total. The second-order valence-corrected chi connectivity index (χ2v) is 6.25. The number of halogens is 1. The van der Waals surface area contributed by atoms with E-state index in [0.29, 0.717) is 12.5 Å². The van der Waals surface area contributed by atoms with Crippen molar-refractivity contribution in [3.05, 3.63) is 53.6 Å². The predicted octanol–water partition coefficient (Wildman–Crippen LogP) is 3.76. The number of carbonyl (C=O) groups is 1. The minimum absolute atomic E-state index is 0. The van der Waals surface area contributed by atoms with E-state index in [1.807, 2.05) is 6.07 Å². The van der Waals surface area contributed by atoms with Gasteiger partial charge in [0.15, 0.2) is 0 Å². The van der Waals surface area contributed by atoms with Crippen LogP contribution in [-0.4, -0.2) is 18.5 Å². The van der Waals surface area contributed by atoms with Crippen LogP contribution in [0.25, 0.3) is 11.1 Å². The van der Waals surface area contributed by atoms with E-state index in [1.165, 1.54) is 28.7 Å². The Labute approximate surface area is 142 Å². The van der Waals surface area contributed by atoms with E-state index in [-0.39, 0.29) is 18.3 Å². The van der Waals surface area contributed by atoms with Gasteiger partial charge in [0.05, 0.1) is 0 Å². The first-order chi connectivity index (χ1) is 10.8. The Morgan fingerprint density at radius 2 is 1.96 bits per heavy atom. The monoisotopic (exact) mass is 328 g/mol. The third-order valence-corrected chi connectivity index (χ3v) is 4.67. The molecule has 1 atom stereocenters. The highest BCUT2D eigenvalue weighted by Gasteiger charge is 2.20. The topological polar surface area (TPSA) is 41.1 Å². The molecule has 0 bridgehead atoms. The van der Waals surface area contributed by atoms with E-state index < -0.39 is 0 Å². The van der Waals surface area contributed by atoms with Gasteiger partial charge in [0.25, 0.3) is 0 Å². The highest BCUT2D eigenvalue weighted by Crippen LogP contribution is 2.37. The zero-order valence-electron chi connectivity index (χ0n) is 13.0. The van der Waals surface area contributed by atoms with E-state index in [1.54, 1.807) is 0 Å². The van der Waals surface area contributed by atoms with Gasteiger partial charge < -0.3 is 10.6 Å². The molecule has 0 radical (unpaired) electrons. The fourth-order valence-electron chi connectivity index (χ4n) is 3.59. The lowest BCUT2D eigenvalue weighted by Crippen LogP contribution is -2.27. The standard InChI is InChI=1S/C19H20N2O.ClH/c22-19(12-15-5-3-9-20-15)21-16-7-8-18-14(11-16)10-13-4-1-2-6-17(13)18;/h1-2,4,6-8,11,15,20H,3,5,9-10,12H2,(H,21,22);1H. The quantitative estimate of drug-likeness (QED) is 0.768. The predicted molar refractivity (Wildman–Crippen MR) is 96.2 cm³/mol. The summed E-state index contributed by atoms with van der Waals surface area (Å²) < 4.78 is 0. The molecule has 2 aromatic rings. The number of carbonyl (C=O) groups excluding carboxylic acids is 1. The first kappa shape index (κ1) is 16.0. The maximum atomic E-state index is 12.1. The first-order valence-corrected chi connectivity index (χ1v) is 8.04. The first-order valence-electron chi connectivity index (χ1n) is 8.04. The number of rotatable bonds is 3. The van der Waals surface area contributed by atoms with Gasteiger partial charge in [-0.1, -0.05) is 30.3 Å². The van der Waals surface area contributed by atoms with Crippen molar-refractivity contribution >= 4 is 24.0 Å². The summed E-state index contributed by atoms with van der Waals surface area (Å²) >= 11 is 0. The molecule has 0 aromatic heterocycles. The molecule has 1 fully saturated rings. The average molecular weight is 329 g/mol. The Morgan fingerprint density at radius 1 is 1.13 bits per heavy atom. The summed E-state index contributed by atoms with van der Waals surface area (Å²) in [5.74, 6) is 0.106. The van der Waals surface area contributed by atoms with Gasteiger partial charge in [0, 0.05) is 18.2 Å².